The molecule has 0 fully saturated rings. The molecule has 0 radical (unpaired) electrons. The Labute approximate surface area is 117 Å². The minimum atomic E-state index is 0.383. The number of aryl methyl sites for hydroxylation is 2. The fourth-order valence-corrected chi connectivity index (χ4v) is 4.83. The summed E-state index contributed by atoms with van der Waals surface area (Å²) in [4.78, 5) is 3.13. The Morgan fingerprint density at radius 1 is 1.22 bits per heavy atom. The third-order valence-corrected chi connectivity index (χ3v) is 5.72. The highest BCUT2D eigenvalue weighted by atomic mass is 32.1. The second-order valence-electron chi connectivity index (χ2n) is 4.94. The maximum Gasteiger partial charge on any atom is 0.0676 e. The highest BCUT2D eigenvalue weighted by Crippen LogP contribution is 2.35. The van der Waals surface area contributed by atoms with Crippen molar-refractivity contribution in [1.29, 1.82) is 0 Å². The lowest BCUT2D eigenvalue weighted by Gasteiger charge is -2.12. The minimum Gasteiger partial charge on any atom is -0.309 e. The second kappa shape index (κ2) is 5.55. The first-order valence-corrected chi connectivity index (χ1v) is 8.45. The van der Waals surface area contributed by atoms with Crippen molar-refractivity contribution in [2.75, 3.05) is 7.05 Å². The van der Waals surface area contributed by atoms with Gasteiger partial charge in [-0.2, -0.15) is 11.3 Å². The van der Waals surface area contributed by atoms with Gasteiger partial charge < -0.3 is 5.32 Å². The second-order valence-corrected chi connectivity index (χ2v) is 6.88. The molecule has 3 heteroatoms. The van der Waals surface area contributed by atoms with Crippen molar-refractivity contribution >= 4 is 22.7 Å². The van der Waals surface area contributed by atoms with E-state index in [1.165, 1.54) is 42.5 Å². The van der Waals surface area contributed by atoms with Crippen LogP contribution in [0.4, 0.5) is 0 Å². The summed E-state index contributed by atoms with van der Waals surface area (Å²) in [5.74, 6) is 0. The number of rotatable bonds is 3. The van der Waals surface area contributed by atoms with E-state index < -0.39 is 0 Å². The van der Waals surface area contributed by atoms with Crippen LogP contribution in [0.15, 0.2) is 22.9 Å². The van der Waals surface area contributed by atoms with E-state index in [1.807, 2.05) is 11.3 Å². The molecule has 1 N–H and O–H groups in total. The Hall–Kier alpha value is -0.640. The molecule has 0 spiro atoms. The van der Waals surface area contributed by atoms with Gasteiger partial charge in [0.05, 0.1) is 6.04 Å². The summed E-state index contributed by atoms with van der Waals surface area (Å²) in [6.07, 6.45) is 6.71. The summed E-state index contributed by atoms with van der Waals surface area (Å²) in [5, 5.41) is 7.88. The highest BCUT2D eigenvalue weighted by Gasteiger charge is 2.18. The molecule has 2 aromatic heterocycles. The van der Waals surface area contributed by atoms with Gasteiger partial charge in [0, 0.05) is 9.75 Å². The molecule has 2 aromatic rings. The van der Waals surface area contributed by atoms with Crippen molar-refractivity contribution in [2.24, 2.45) is 0 Å². The molecule has 0 saturated heterocycles. The molecule has 0 amide bonds. The Bertz CT molecular complexity index is 475. The fourth-order valence-electron chi connectivity index (χ4n) is 2.75. The summed E-state index contributed by atoms with van der Waals surface area (Å²) < 4.78 is 0. The molecule has 1 aliphatic carbocycles. The van der Waals surface area contributed by atoms with Crippen molar-refractivity contribution in [3.8, 4) is 0 Å². The van der Waals surface area contributed by atoms with E-state index in [0.29, 0.717) is 6.04 Å². The van der Waals surface area contributed by atoms with Crippen LogP contribution in [0, 0.1) is 0 Å². The smallest absolute Gasteiger partial charge is 0.0676 e. The third-order valence-electron chi connectivity index (χ3n) is 3.72. The zero-order chi connectivity index (χ0) is 12.4. The van der Waals surface area contributed by atoms with Crippen molar-refractivity contribution < 1.29 is 0 Å². The van der Waals surface area contributed by atoms with Crippen LogP contribution in [0.5, 0.6) is 0 Å². The van der Waals surface area contributed by atoms with Gasteiger partial charge in [-0.1, -0.05) is 6.42 Å². The summed E-state index contributed by atoms with van der Waals surface area (Å²) in [6, 6.07) is 5.06. The predicted octanol–water partition coefficient (Wildman–Crippen LogP) is 4.39. The van der Waals surface area contributed by atoms with E-state index in [2.05, 4.69) is 35.3 Å². The van der Waals surface area contributed by atoms with Gasteiger partial charge in [0.15, 0.2) is 0 Å². The molecule has 0 bridgehead atoms. The van der Waals surface area contributed by atoms with Crippen LogP contribution >= 0.6 is 22.7 Å². The van der Waals surface area contributed by atoms with E-state index in [9.17, 15) is 0 Å². The van der Waals surface area contributed by atoms with Gasteiger partial charge in [0.1, 0.15) is 0 Å². The Morgan fingerprint density at radius 3 is 2.89 bits per heavy atom. The molecule has 1 nitrogen and oxygen atoms in total. The van der Waals surface area contributed by atoms with E-state index in [0.717, 1.165) is 0 Å². The number of hydrogen-bond acceptors (Lipinski definition) is 3. The molecule has 0 aliphatic heterocycles. The van der Waals surface area contributed by atoms with E-state index in [4.69, 9.17) is 0 Å². The summed E-state index contributed by atoms with van der Waals surface area (Å²) >= 11 is 3.80. The molecule has 18 heavy (non-hydrogen) atoms. The summed E-state index contributed by atoms with van der Waals surface area (Å²) in [7, 11) is 2.06. The van der Waals surface area contributed by atoms with Gasteiger partial charge in [-0.3, -0.25) is 0 Å². The van der Waals surface area contributed by atoms with Crippen LogP contribution in [0.2, 0.25) is 0 Å². The van der Waals surface area contributed by atoms with Gasteiger partial charge in [-0.25, -0.2) is 0 Å². The van der Waals surface area contributed by atoms with Crippen molar-refractivity contribution in [2.45, 2.75) is 38.1 Å². The predicted molar refractivity (Wildman–Crippen MR) is 80.8 cm³/mol. The molecule has 1 aliphatic rings. The van der Waals surface area contributed by atoms with E-state index in [1.54, 1.807) is 21.8 Å². The van der Waals surface area contributed by atoms with Crippen LogP contribution in [0.1, 0.15) is 46.2 Å². The number of nitrogens with one attached hydrogen (secondary N) is 1. The Balaban J connectivity index is 1.91. The maximum absolute atomic E-state index is 3.46. The lowest BCUT2D eigenvalue weighted by Crippen LogP contribution is -2.15. The highest BCUT2D eigenvalue weighted by molar-refractivity contribution is 7.12. The lowest BCUT2D eigenvalue weighted by molar-refractivity contribution is 0.700. The molecule has 2 heterocycles. The largest absolute Gasteiger partial charge is 0.309 e. The molecule has 96 valence electrons. The van der Waals surface area contributed by atoms with Gasteiger partial charge in [-0.15, -0.1) is 11.3 Å². The van der Waals surface area contributed by atoms with Crippen LogP contribution in [0.3, 0.4) is 0 Å². The standard InChI is InChI=1S/C15H19NS2/c1-16-15(12-7-8-17-10-12)14-9-11-5-3-2-4-6-13(11)18-14/h7-10,15-16H,2-6H2,1H3. The Kier molecular flexibility index (Phi) is 3.83. The number of fused-ring (bicyclic) bond motifs is 1. The fraction of sp³-hybridized carbons (Fsp3) is 0.467. The average Bonchev–Trinajstić information content (AvgIpc) is 2.98. The van der Waals surface area contributed by atoms with E-state index >= 15 is 0 Å². The SMILES string of the molecule is CNC(c1ccsc1)c1cc2c(s1)CCCCC2. The van der Waals surface area contributed by atoms with Gasteiger partial charge in [-0.05, 0) is 66.8 Å². The van der Waals surface area contributed by atoms with Crippen molar-refractivity contribution in [3.63, 3.8) is 0 Å². The van der Waals surface area contributed by atoms with Crippen LogP contribution in [0.25, 0.3) is 0 Å². The maximum atomic E-state index is 3.46. The first-order valence-electron chi connectivity index (χ1n) is 6.69. The van der Waals surface area contributed by atoms with Crippen LogP contribution in [-0.2, 0) is 12.8 Å². The number of thiophene rings is 2. The van der Waals surface area contributed by atoms with Crippen LogP contribution < -0.4 is 5.32 Å². The zero-order valence-corrected chi connectivity index (χ0v) is 12.4. The monoisotopic (exact) mass is 277 g/mol. The topological polar surface area (TPSA) is 12.0 Å². The molecule has 3 rings (SSSR count). The number of hydrogen-bond donors (Lipinski definition) is 1. The normalized spacial score (nSPS) is 17.2. The van der Waals surface area contributed by atoms with Crippen molar-refractivity contribution in [3.05, 3.63) is 43.8 Å². The van der Waals surface area contributed by atoms with E-state index in [-0.39, 0.29) is 0 Å². The van der Waals surface area contributed by atoms with Gasteiger partial charge in [0.25, 0.3) is 0 Å². The molecular weight excluding hydrogens is 258 g/mol. The Morgan fingerprint density at radius 2 is 2.11 bits per heavy atom. The first-order chi connectivity index (χ1) is 8.88. The minimum absolute atomic E-state index is 0.383. The van der Waals surface area contributed by atoms with Gasteiger partial charge >= 0.3 is 0 Å². The molecule has 0 saturated carbocycles. The molecular formula is C15H19NS2. The zero-order valence-electron chi connectivity index (χ0n) is 10.7. The molecule has 1 atom stereocenters. The van der Waals surface area contributed by atoms with Crippen LogP contribution in [-0.4, -0.2) is 7.05 Å². The summed E-state index contributed by atoms with van der Waals surface area (Å²) in [5.41, 5.74) is 3.02. The average molecular weight is 277 g/mol. The quantitative estimate of drug-likeness (QED) is 0.821. The molecule has 1 unspecified atom stereocenters. The molecule has 0 aromatic carbocycles. The third kappa shape index (κ3) is 2.40. The summed E-state index contributed by atoms with van der Waals surface area (Å²) in [6.45, 7) is 0. The van der Waals surface area contributed by atoms with Gasteiger partial charge in [0.2, 0.25) is 0 Å². The van der Waals surface area contributed by atoms with Crippen molar-refractivity contribution in [1.82, 2.24) is 5.32 Å². The first kappa shape index (κ1) is 12.4. The lowest BCUT2D eigenvalue weighted by atomic mass is 10.1.